The van der Waals surface area contributed by atoms with Gasteiger partial charge in [0.15, 0.2) is 5.76 Å². The second kappa shape index (κ2) is 9.60. The molecule has 0 aliphatic carbocycles. The second-order valence-corrected chi connectivity index (χ2v) is 6.97. The van der Waals surface area contributed by atoms with E-state index in [2.05, 4.69) is 16.5 Å². The quantitative estimate of drug-likeness (QED) is 0.226. The van der Waals surface area contributed by atoms with E-state index in [1.54, 1.807) is 13.2 Å². The number of oxime groups is 1. The number of ether oxygens (including phenoxy) is 2. The van der Waals surface area contributed by atoms with Gasteiger partial charge in [-0.2, -0.15) is 0 Å². The summed E-state index contributed by atoms with van der Waals surface area (Å²) in [6, 6.07) is 19.1. The molecule has 0 N–H and O–H groups in total. The third-order valence-corrected chi connectivity index (χ3v) is 4.74. The summed E-state index contributed by atoms with van der Waals surface area (Å²) in [4.78, 5) is 5.41. The van der Waals surface area contributed by atoms with Crippen LogP contribution in [0.1, 0.15) is 23.6 Å². The van der Waals surface area contributed by atoms with Gasteiger partial charge in [0.05, 0.1) is 12.8 Å². The van der Waals surface area contributed by atoms with Gasteiger partial charge < -0.3 is 14.3 Å². The molecule has 7 heteroatoms. The summed E-state index contributed by atoms with van der Waals surface area (Å²) >= 11 is 0. The predicted molar refractivity (Wildman–Crippen MR) is 119 cm³/mol. The van der Waals surface area contributed by atoms with E-state index in [0.29, 0.717) is 5.56 Å². The highest BCUT2D eigenvalue weighted by atomic mass is 19.4. The van der Waals surface area contributed by atoms with Gasteiger partial charge in [-0.3, -0.25) is 0 Å². The molecule has 0 atom stereocenters. The first-order chi connectivity index (χ1) is 15.2. The van der Waals surface area contributed by atoms with Crippen LogP contribution in [-0.4, -0.2) is 19.2 Å². The van der Waals surface area contributed by atoms with E-state index in [9.17, 15) is 13.2 Å². The highest BCUT2D eigenvalue weighted by Gasteiger charge is 2.32. The van der Waals surface area contributed by atoms with Crippen molar-refractivity contribution in [3.05, 3.63) is 90.0 Å². The largest absolute Gasteiger partial charge is 0.573 e. The summed E-state index contributed by atoms with van der Waals surface area (Å²) in [6.45, 7) is 7.37. The van der Waals surface area contributed by atoms with E-state index in [4.69, 9.17) is 9.57 Å². The normalized spacial score (nSPS) is 11.8. The van der Waals surface area contributed by atoms with Crippen LogP contribution < -0.4 is 9.47 Å². The Morgan fingerprint density at radius 3 is 2.22 bits per heavy atom. The minimum Gasteiger partial charge on any atom is -0.496 e. The number of hydrogen-bond acceptors (Lipinski definition) is 4. The summed E-state index contributed by atoms with van der Waals surface area (Å²) in [6.07, 6.45) is -4.80. The van der Waals surface area contributed by atoms with Crippen molar-refractivity contribution in [3.8, 4) is 22.6 Å². The third-order valence-electron chi connectivity index (χ3n) is 4.74. The van der Waals surface area contributed by atoms with E-state index in [1.165, 1.54) is 25.1 Å². The van der Waals surface area contributed by atoms with Crippen LogP contribution in [0.3, 0.4) is 0 Å². The van der Waals surface area contributed by atoms with Gasteiger partial charge in [0.25, 0.3) is 0 Å². The van der Waals surface area contributed by atoms with Crippen LogP contribution in [0, 0.1) is 6.92 Å². The van der Waals surface area contributed by atoms with Crippen LogP contribution in [0.5, 0.6) is 11.5 Å². The Labute approximate surface area is 184 Å². The van der Waals surface area contributed by atoms with Gasteiger partial charge in [-0.05, 0) is 49.2 Å². The van der Waals surface area contributed by atoms with Gasteiger partial charge in [-0.15, -0.1) is 13.2 Å². The molecule has 0 spiro atoms. The maximum absolute atomic E-state index is 12.6. The zero-order chi connectivity index (χ0) is 23.3. The minimum absolute atomic E-state index is 0.167. The molecule has 166 valence electrons. The lowest BCUT2D eigenvalue weighted by atomic mass is 9.97. The number of benzene rings is 3. The number of rotatable bonds is 7. The van der Waals surface area contributed by atoms with Crippen LogP contribution in [0.2, 0.25) is 0 Å². The average molecular weight is 441 g/mol. The van der Waals surface area contributed by atoms with Crippen molar-refractivity contribution in [3.63, 3.8) is 0 Å². The molecule has 0 unspecified atom stereocenters. The highest BCUT2D eigenvalue weighted by Crippen LogP contribution is 2.33. The molecule has 0 radical (unpaired) electrons. The lowest BCUT2D eigenvalue weighted by Gasteiger charge is -2.14. The zero-order valence-corrected chi connectivity index (χ0v) is 17.9. The molecule has 0 aromatic heterocycles. The molecule has 4 nitrogen and oxygen atoms in total. The number of halogens is 3. The molecule has 3 rings (SSSR count). The van der Waals surface area contributed by atoms with Gasteiger partial charge in [-0.25, -0.2) is 0 Å². The smallest absolute Gasteiger partial charge is 0.496 e. The molecule has 3 aromatic carbocycles. The second-order valence-electron chi connectivity index (χ2n) is 6.97. The summed E-state index contributed by atoms with van der Waals surface area (Å²) in [5.74, 6) is 0.666. The maximum atomic E-state index is 12.6. The monoisotopic (exact) mass is 441 g/mol. The number of methoxy groups -OCH3 is 1. The summed E-state index contributed by atoms with van der Waals surface area (Å²) in [5, 5.41) is 3.95. The topological polar surface area (TPSA) is 40.0 Å². The van der Waals surface area contributed by atoms with Crippen molar-refractivity contribution in [1.29, 1.82) is 0 Å². The van der Waals surface area contributed by atoms with E-state index < -0.39 is 6.36 Å². The van der Waals surface area contributed by atoms with Crippen molar-refractivity contribution < 1.29 is 27.5 Å². The van der Waals surface area contributed by atoms with Gasteiger partial charge in [0.1, 0.15) is 11.5 Å². The number of alkyl halides is 3. The summed E-state index contributed by atoms with van der Waals surface area (Å²) < 4.78 is 47.4. The van der Waals surface area contributed by atoms with Crippen LogP contribution in [-0.2, 0) is 4.84 Å². The molecule has 32 heavy (non-hydrogen) atoms. The van der Waals surface area contributed by atoms with Crippen molar-refractivity contribution >= 4 is 11.5 Å². The number of aryl methyl sites for hydroxylation is 1. The third kappa shape index (κ3) is 5.49. The van der Waals surface area contributed by atoms with E-state index >= 15 is 0 Å². The van der Waals surface area contributed by atoms with Crippen molar-refractivity contribution in [1.82, 2.24) is 0 Å². The molecule has 3 aromatic rings. The summed E-state index contributed by atoms with van der Waals surface area (Å²) in [7, 11) is 1.62. The molecule has 0 heterocycles. The Kier molecular flexibility index (Phi) is 6.88. The summed E-state index contributed by atoms with van der Waals surface area (Å²) in [5.41, 5.74) is 4.00. The van der Waals surface area contributed by atoms with E-state index in [1.807, 2.05) is 49.4 Å². The maximum Gasteiger partial charge on any atom is 0.573 e. The fourth-order valence-electron chi connectivity index (χ4n) is 3.21. The van der Waals surface area contributed by atoms with Crippen LogP contribution in [0.25, 0.3) is 16.9 Å². The number of para-hydroxylation sites is 2. The van der Waals surface area contributed by atoms with Gasteiger partial charge in [-0.1, -0.05) is 54.2 Å². The lowest BCUT2D eigenvalue weighted by Crippen LogP contribution is -2.18. The Bertz CT molecular complexity index is 1150. The molecule has 0 bridgehead atoms. The molecular weight excluding hydrogens is 419 g/mol. The first-order valence-electron chi connectivity index (χ1n) is 9.69. The number of hydrogen-bond donors (Lipinski definition) is 0. The van der Waals surface area contributed by atoms with Crippen molar-refractivity contribution in [2.75, 3.05) is 7.11 Å². The first-order valence-corrected chi connectivity index (χ1v) is 9.69. The number of nitrogens with zero attached hydrogens (tertiary/aromatic N) is 1. The molecule has 0 saturated heterocycles. The minimum atomic E-state index is -4.80. The van der Waals surface area contributed by atoms with Crippen LogP contribution in [0.4, 0.5) is 13.2 Å². The lowest BCUT2D eigenvalue weighted by molar-refractivity contribution is -0.274. The SMILES string of the molecule is C=C(O/N=C(\C)c1ccccc1OC(F)(F)F)c1ccc(-c2ccccc2OC)c(C)c1. The molecule has 0 fully saturated rings. The molecular formula is C25H22F3NO3. The predicted octanol–water partition coefficient (Wildman–Crippen LogP) is 6.98. The van der Waals surface area contributed by atoms with Gasteiger partial charge in [0, 0.05) is 16.7 Å². The van der Waals surface area contributed by atoms with Crippen LogP contribution >= 0.6 is 0 Å². The Balaban J connectivity index is 1.80. The molecule has 0 aliphatic heterocycles. The van der Waals surface area contributed by atoms with Gasteiger partial charge >= 0.3 is 6.36 Å². The molecule has 0 saturated carbocycles. The molecule has 0 aliphatic rings. The first kappa shape index (κ1) is 22.9. The van der Waals surface area contributed by atoms with Crippen molar-refractivity contribution in [2.24, 2.45) is 5.16 Å². The standard InChI is InChI=1S/C25H22F3NO3/c1-16-15-19(13-14-20(16)22-10-6-7-11-23(22)30-4)18(3)32-29-17(2)21-9-5-8-12-24(21)31-25(26,27)28/h5-15H,3H2,1-2,4H3/b29-17+. The Morgan fingerprint density at radius 1 is 0.906 bits per heavy atom. The fraction of sp³-hybridized carbons (Fsp3) is 0.160. The van der Waals surface area contributed by atoms with Crippen molar-refractivity contribution in [2.45, 2.75) is 20.2 Å². The zero-order valence-electron chi connectivity index (χ0n) is 17.9. The van der Waals surface area contributed by atoms with Gasteiger partial charge in [0.2, 0.25) is 0 Å². The molecule has 0 amide bonds. The highest BCUT2D eigenvalue weighted by molar-refractivity contribution is 6.00. The Hall–Kier alpha value is -3.74. The van der Waals surface area contributed by atoms with Crippen LogP contribution in [0.15, 0.2) is 78.5 Å². The fourth-order valence-corrected chi connectivity index (χ4v) is 3.21. The Morgan fingerprint density at radius 2 is 1.56 bits per heavy atom. The average Bonchev–Trinajstić information content (AvgIpc) is 2.76. The van der Waals surface area contributed by atoms with E-state index in [0.717, 1.165) is 22.4 Å². The van der Waals surface area contributed by atoms with E-state index in [-0.39, 0.29) is 22.8 Å².